The molecule has 142 valence electrons. The standard InChI is InChI=1S/C21H23NO4S/c1-15-14-21(16(2)13-20(15)25-3)27(23,24)22-11-12-26-19-10-6-8-17-7-4-5-9-18(17)19/h4-10,13-14,22H,11-12H2,1-3H3. The largest absolute Gasteiger partial charge is 0.496 e. The van der Waals surface area contributed by atoms with Crippen molar-refractivity contribution in [3.05, 3.63) is 65.7 Å². The number of nitrogens with one attached hydrogen (secondary N) is 1. The summed E-state index contributed by atoms with van der Waals surface area (Å²) in [6, 6.07) is 17.1. The maximum atomic E-state index is 12.6. The molecule has 5 nitrogen and oxygen atoms in total. The van der Waals surface area contributed by atoms with Gasteiger partial charge in [0.05, 0.1) is 12.0 Å². The van der Waals surface area contributed by atoms with Crippen LogP contribution in [0.1, 0.15) is 11.1 Å². The molecular formula is C21H23NO4S. The predicted octanol–water partition coefficient (Wildman–Crippen LogP) is 3.82. The highest BCUT2D eigenvalue weighted by atomic mass is 32.2. The topological polar surface area (TPSA) is 64.6 Å². The Hall–Kier alpha value is -2.57. The second kappa shape index (κ2) is 7.98. The van der Waals surface area contributed by atoms with Crippen LogP contribution in [0, 0.1) is 13.8 Å². The van der Waals surface area contributed by atoms with Crippen molar-refractivity contribution in [1.29, 1.82) is 0 Å². The molecule has 0 atom stereocenters. The summed E-state index contributed by atoms with van der Waals surface area (Å²) in [7, 11) is -2.05. The maximum absolute atomic E-state index is 12.6. The maximum Gasteiger partial charge on any atom is 0.240 e. The molecule has 3 aromatic carbocycles. The highest BCUT2D eigenvalue weighted by molar-refractivity contribution is 7.89. The number of sulfonamides is 1. The first kappa shape index (κ1) is 19.2. The summed E-state index contributed by atoms with van der Waals surface area (Å²) in [5.74, 6) is 1.41. The van der Waals surface area contributed by atoms with Crippen LogP contribution in [0.4, 0.5) is 0 Å². The molecule has 0 bridgehead atoms. The van der Waals surface area contributed by atoms with Crippen molar-refractivity contribution in [3.63, 3.8) is 0 Å². The molecule has 0 amide bonds. The first-order chi connectivity index (χ1) is 12.9. The second-order valence-electron chi connectivity index (χ2n) is 6.31. The lowest BCUT2D eigenvalue weighted by molar-refractivity contribution is 0.326. The number of hydrogen-bond donors (Lipinski definition) is 1. The lowest BCUT2D eigenvalue weighted by Crippen LogP contribution is -2.29. The van der Waals surface area contributed by atoms with Crippen molar-refractivity contribution in [2.45, 2.75) is 18.7 Å². The Bertz CT molecular complexity index is 1060. The molecule has 3 rings (SSSR count). The van der Waals surface area contributed by atoms with E-state index in [4.69, 9.17) is 9.47 Å². The third-order valence-corrected chi connectivity index (χ3v) is 5.99. The number of benzene rings is 3. The Kier molecular flexibility index (Phi) is 5.68. The van der Waals surface area contributed by atoms with Crippen molar-refractivity contribution in [2.24, 2.45) is 0 Å². The molecule has 0 aromatic heterocycles. The minimum absolute atomic E-state index is 0.177. The zero-order valence-corrected chi connectivity index (χ0v) is 16.5. The van der Waals surface area contributed by atoms with E-state index in [1.54, 1.807) is 26.2 Å². The highest BCUT2D eigenvalue weighted by Gasteiger charge is 2.18. The van der Waals surface area contributed by atoms with Crippen molar-refractivity contribution in [3.8, 4) is 11.5 Å². The van der Waals surface area contributed by atoms with E-state index in [1.807, 2.05) is 49.4 Å². The van der Waals surface area contributed by atoms with Gasteiger partial charge in [-0.1, -0.05) is 36.4 Å². The fourth-order valence-electron chi connectivity index (χ4n) is 3.01. The summed E-state index contributed by atoms with van der Waals surface area (Å²) in [6.07, 6.45) is 0. The van der Waals surface area contributed by atoms with Gasteiger partial charge in [0, 0.05) is 11.9 Å². The Morgan fingerprint density at radius 2 is 1.67 bits per heavy atom. The van der Waals surface area contributed by atoms with E-state index in [9.17, 15) is 8.42 Å². The first-order valence-electron chi connectivity index (χ1n) is 8.68. The van der Waals surface area contributed by atoms with Crippen LogP contribution in [-0.2, 0) is 10.0 Å². The van der Waals surface area contributed by atoms with Gasteiger partial charge in [0.1, 0.15) is 18.1 Å². The van der Waals surface area contributed by atoms with Gasteiger partial charge in [-0.2, -0.15) is 0 Å². The zero-order valence-electron chi connectivity index (χ0n) is 15.7. The molecule has 27 heavy (non-hydrogen) atoms. The van der Waals surface area contributed by atoms with Gasteiger partial charge in [-0.05, 0) is 48.6 Å². The molecule has 0 radical (unpaired) electrons. The number of hydrogen-bond acceptors (Lipinski definition) is 4. The van der Waals surface area contributed by atoms with E-state index in [0.29, 0.717) is 11.3 Å². The van der Waals surface area contributed by atoms with E-state index >= 15 is 0 Å². The van der Waals surface area contributed by atoms with Gasteiger partial charge in [0.25, 0.3) is 0 Å². The van der Waals surface area contributed by atoms with Crippen LogP contribution in [0.3, 0.4) is 0 Å². The van der Waals surface area contributed by atoms with Gasteiger partial charge in [-0.15, -0.1) is 0 Å². The fraction of sp³-hybridized carbons (Fsp3) is 0.238. The number of aryl methyl sites for hydroxylation is 2. The average Bonchev–Trinajstić information content (AvgIpc) is 2.66. The van der Waals surface area contributed by atoms with Crippen LogP contribution in [0.2, 0.25) is 0 Å². The molecule has 0 spiro atoms. The molecule has 0 aliphatic heterocycles. The van der Waals surface area contributed by atoms with Gasteiger partial charge in [-0.3, -0.25) is 0 Å². The van der Waals surface area contributed by atoms with Crippen molar-refractivity contribution in [2.75, 3.05) is 20.3 Å². The fourth-order valence-corrected chi connectivity index (χ4v) is 4.33. The van der Waals surface area contributed by atoms with E-state index in [0.717, 1.165) is 22.1 Å². The second-order valence-corrected chi connectivity index (χ2v) is 8.05. The van der Waals surface area contributed by atoms with Crippen LogP contribution in [0.25, 0.3) is 10.8 Å². The van der Waals surface area contributed by atoms with E-state index < -0.39 is 10.0 Å². The van der Waals surface area contributed by atoms with Crippen molar-refractivity contribution in [1.82, 2.24) is 4.72 Å². The van der Waals surface area contributed by atoms with Gasteiger partial charge >= 0.3 is 0 Å². The van der Waals surface area contributed by atoms with Gasteiger partial charge < -0.3 is 9.47 Å². The quantitative estimate of drug-likeness (QED) is 0.628. The summed E-state index contributed by atoms with van der Waals surface area (Å²) < 4.78 is 38.9. The average molecular weight is 385 g/mol. The predicted molar refractivity (Wildman–Crippen MR) is 107 cm³/mol. The molecule has 1 N–H and O–H groups in total. The van der Waals surface area contributed by atoms with E-state index in [-0.39, 0.29) is 18.0 Å². The SMILES string of the molecule is COc1cc(C)c(S(=O)(=O)NCCOc2cccc3ccccc23)cc1C. The Balaban J connectivity index is 1.67. The summed E-state index contributed by atoms with van der Waals surface area (Å²) in [6.45, 7) is 3.99. The van der Waals surface area contributed by atoms with Crippen LogP contribution >= 0.6 is 0 Å². The number of fused-ring (bicyclic) bond motifs is 1. The summed E-state index contributed by atoms with van der Waals surface area (Å²) in [5, 5.41) is 2.09. The van der Waals surface area contributed by atoms with Crippen LogP contribution in [-0.4, -0.2) is 28.7 Å². The summed E-state index contributed by atoms with van der Waals surface area (Å²) >= 11 is 0. The lowest BCUT2D eigenvalue weighted by Gasteiger charge is -2.13. The number of rotatable bonds is 7. The Labute approximate surface area is 160 Å². The van der Waals surface area contributed by atoms with Crippen LogP contribution in [0.15, 0.2) is 59.5 Å². The molecule has 0 aliphatic rings. The third-order valence-electron chi connectivity index (χ3n) is 4.38. The van der Waals surface area contributed by atoms with Crippen LogP contribution in [0.5, 0.6) is 11.5 Å². The molecule has 0 unspecified atom stereocenters. The van der Waals surface area contributed by atoms with Crippen LogP contribution < -0.4 is 14.2 Å². The van der Waals surface area contributed by atoms with Crippen molar-refractivity contribution >= 4 is 20.8 Å². The minimum Gasteiger partial charge on any atom is -0.496 e. The molecule has 0 saturated carbocycles. The molecule has 0 fully saturated rings. The van der Waals surface area contributed by atoms with E-state index in [1.165, 1.54) is 0 Å². The molecule has 3 aromatic rings. The highest BCUT2D eigenvalue weighted by Crippen LogP contribution is 2.26. The molecule has 0 aliphatic carbocycles. The number of ether oxygens (including phenoxy) is 2. The van der Waals surface area contributed by atoms with Gasteiger partial charge in [0.2, 0.25) is 10.0 Å². The van der Waals surface area contributed by atoms with E-state index in [2.05, 4.69) is 4.72 Å². The number of methoxy groups -OCH3 is 1. The minimum atomic E-state index is -3.62. The monoisotopic (exact) mass is 385 g/mol. The Morgan fingerprint density at radius 1 is 0.926 bits per heavy atom. The zero-order chi connectivity index (χ0) is 19.4. The summed E-state index contributed by atoms with van der Waals surface area (Å²) in [4.78, 5) is 0.256. The Morgan fingerprint density at radius 3 is 2.44 bits per heavy atom. The lowest BCUT2D eigenvalue weighted by atomic mass is 10.1. The molecular weight excluding hydrogens is 362 g/mol. The third kappa shape index (κ3) is 4.23. The van der Waals surface area contributed by atoms with Crippen molar-refractivity contribution < 1.29 is 17.9 Å². The first-order valence-corrected chi connectivity index (χ1v) is 10.2. The smallest absolute Gasteiger partial charge is 0.240 e. The van der Waals surface area contributed by atoms with Gasteiger partial charge in [-0.25, -0.2) is 13.1 Å². The normalized spacial score (nSPS) is 11.5. The van der Waals surface area contributed by atoms with Gasteiger partial charge in [0.15, 0.2) is 0 Å². The molecule has 0 saturated heterocycles. The summed E-state index contributed by atoms with van der Waals surface area (Å²) in [5.41, 5.74) is 1.41. The molecule has 0 heterocycles. The molecule has 6 heteroatoms.